The Morgan fingerprint density at radius 3 is 2.31 bits per heavy atom. The summed E-state index contributed by atoms with van der Waals surface area (Å²) in [6.45, 7) is -0.537. The molecular formula is C21H22F4N2O4S. The molecule has 0 saturated heterocycles. The second kappa shape index (κ2) is 9.86. The van der Waals surface area contributed by atoms with Gasteiger partial charge < -0.3 is 10.1 Å². The fraction of sp³-hybridized carbons (Fsp3) is 0.381. The van der Waals surface area contributed by atoms with Crippen LogP contribution in [0, 0.1) is 5.82 Å². The topological polar surface area (TPSA) is 84.5 Å². The van der Waals surface area contributed by atoms with Crippen LogP contribution in [0.4, 0.5) is 23.2 Å². The number of rotatable bonds is 7. The first-order valence-electron chi connectivity index (χ1n) is 9.96. The summed E-state index contributed by atoms with van der Waals surface area (Å²) >= 11 is 0. The SMILES string of the molecule is O=C(COc1ccc(S(=O)(=O)NC2CCCCC2)cc1)Nc1ccc(F)c(C(F)(F)F)c1. The molecule has 0 radical (unpaired) electrons. The van der Waals surface area contributed by atoms with E-state index in [1.165, 1.54) is 24.3 Å². The Kier molecular flexibility index (Phi) is 7.40. The van der Waals surface area contributed by atoms with Crippen LogP contribution >= 0.6 is 0 Å². The van der Waals surface area contributed by atoms with Gasteiger partial charge in [0.15, 0.2) is 6.61 Å². The molecule has 1 aliphatic carbocycles. The Hall–Kier alpha value is -2.66. The fourth-order valence-corrected chi connectivity index (χ4v) is 4.69. The van der Waals surface area contributed by atoms with Gasteiger partial charge in [-0.3, -0.25) is 4.79 Å². The van der Waals surface area contributed by atoms with E-state index < -0.39 is 40.1 Å². The number of ether oxygens (including phenoxy) is 1. The molecule has 174 valence electrons. The summed E-state index contributed by atoms with van der Waals surface area (Å²) in [4.78, 5) is 12.0. The van der Waals surface area contributed by atoms with Crippen LogP contribution in [0.2, 0.25) is 0 Å². The van der Waals surface area contributed by atoms with Gasteiger partial charge in [0.2, 0.25) is 10.0 Å². The average molecular weight is 474 g/mol. The first kappa shape index (κ1) is 24.0. The molecule has 11 heteroatoms. The quantitative estimate of drug-likeness (QED) is 0.580. The highest BCUT2D eigenvalue weighted by molar-refractivity contribution is 7.89. The lowest BCUT2D eigenvalue weighted by Crippen LogP contribution is -2.36. The third-order valence-electron chi connectivity index (χ3n) is 4.99. The summed E-state index contributed by atoms with van der Waals surface area (Å²) in [5.74, 6) is -2.01. The molecular weight excluding hydrogens is 452 g/mol. The van der Waals surface area contributed by atoms with Crippen molar-refractivity contribution in [1.82, 2.24) is 4.72 Å². The molecule has 0 spiro atoms. The molecule has 0 atom stereocenters. The van der Waals surface area contributed by atoms with Gasteiger partial charge in [-0.15, -0.1) is 0 Å². The Morgan fingerprint density at radius 2 is 1.69 bits per heavy atom. The van der Waals surface area contributed by atoms with Crippen LogP contribution in [0.1, 0.15) is 37.7 Å². The van der Waals surface area contributed by atoms with Crippen molar-refractivity contribution in [2.24, 2.45) is 0 Å². The number of alkyl halides is 3. The van der Waals surface area contributed by atoms with Gasteiger partial charge in [-0.1, -0.05) is 19.3 Å². The van der Waals surface area contributed by atoms with E-state index in [4.69, 9.17) is 4.74 Å². The summed E-state index contributed by atoms with van der Waals surface area (Å²) in [5.41, 5.74) is -1.72. The average Bonchev–Trinajstić information content (AvgIpc) is 2.73. The summed E-state index contributed by atoms with van der Waals surface area (Å²) < 4.78 is 84.5. The molecule has 6 nitrogen and oxygen atoms in total. The molecule has 3 rings (SSSR count). The van der Waals surface area contributed by atoms with E-state index in [9.17, 15) is 30.8 Å². The normalized spacial score (nSPS) is 15.4. The van der Waals surface area contributed by atoms with E-state index in [2.05, 4.69) is 10.0 Å². The van der Waals surface area contributed by atoms with Crippen molar-refractivity contribution in [3.63, 3.8) is 0 Å². The number of benzene rings is 2. The van der Waals surface area contributed by atoms with Crippen molar-refractivity contribution in [2.45, 2.75) is 49.2 Å². The second-order valence-electron chi connectivity index (χ2n) is 7.46. The third kappa shape index (κ3) is 6.42. The number of hydrogen-bond donors (Lipinski definition) is 2. The Labute approximate surface area is 183 Å². The number of carbonyl (C=O) groups is 1. The molecule has 32 heavy (non-hydrogen) atoms. The van der Waals surface area contributed by atoms with E-state index in [-0.39, 0.29) is 22.4 Å². The number of hydrogen-bond acceptors (Lipinski definition) is 4. The van der Waals surface area contributed by atoms with E-state index in [1.807, 2.05) is 0 Å². The summed E-state index contributed by atoms with van der Waals surface area (Å²) in [5, 5.41) is 2.20. The van der Waals surface area contributed by atoms with Crippen LogP contribution < -0.4 is 14.8 Å². The molecule has 1 fully saturated rings. The number of carbonyl (C=O) groups excluding carboxylic acids is 1. The van der Waals surface area contributed by atoms with Crippen LogP contribution in [-0.4, -0.2) is 27.0 Å². The largest absolute Gasteiger partial charge is 0.484 e. The summed E-state index contributed by atoms with van der Waals surface area (Å²) in [7, 11) is -3.68. The molecule has 2 N–H and O–H groups in total. The van der Waals surface area contributed by atoms with Crippen molar-refractivity contribution in [2.75, 3.05) is 11.9 Å². The fourth-order valence-electron chi connectivity index (χ4n) is 3.39. The van der Waals surface area contributed by atoms with Gasteiger partial charge in [0.1, 0.15) is 11.6 Å². The van der Waals surface area contributed by atoms with Gasteiger partial charge in [-0.25, -0.2) is 17.5 Å². The number of nitrogens with one attached hydrogen (secondary N) is 2. The van der Waals surface area contributed by atoms with Crippen molar-refractivity contribution in [1.29, 1.82) is 0 Å². The Bertz CT molecular complexity index is 1050. The van der Waals surface area contributed by atoms with Gasteiger partial charge in [0.25, 0.3) is 5.91 Å². The van der Waals surface area contributed by atoms with Gasteiger partial charge in [0, 0.05) is 11.7 Å². The predicted octanol–water partition coefficient (Wildman–Crippen LogP) is 4.47. The highest BCUT2D eigenvalue weighted by atomic mass is 32.2. The van der Waals surface area contributed by atoms with E-state index in [1.54, 1.807) is 0 Å². The first-order chi connectivity index (χ1) is 15.0. The van der Waals surface area contributed by atoms with Crippen LogP contribution in [-0.2, 0) is 21.0 Å². The van der Waals surface area contributed by atoms with Crippen LogP contribution in [0.15, 0.2) is 47.4 Å². The predicted molar refractivity (Wildman–Crippen MR) is 109 cm³/mol. The lowest BCUT2D eigenvalue weighted by atomic mass is 9.96. The van der Waals surface area contributed by atoms with Crippen molar-refractivity contribution in [3.05, 3.63) is 53.8 Å². The smallest absolute Gasteiger partial charge is 0.419 e. The van der Waals surface area contributed by atoms with Gasteiger partial charge in [-0.05, 0) is 55.3 Å². The molecule has 1 amide bonds. The molecule has 2 aromatic rings. The number of anilines is 1. The number of amides is 1. The Balaban J connectivity index is 1.55. The maximum absolute atomic E-state index is 13.3. The Morgan fingerprint density at radius 1 is 1.03 bits per heavy atom. The number of sulfonamides is 1. The van der Waals surface area contributed by atoms with Crippen molar-refractivity contribution in [3.8, 4) is 5.75 Å². The molecule has 2 aromatic carbocycles. The monoisotopic (exact) mass is 474 g/mol. The highest BCUT2D eigenvalue weighted by Gasteiger charge is 2.34. The number of halogens is 4. The zero-order valence-corrected chi connectivity index (χ0v) is 17.7. The molecule has 0 unspecified atom stereocenters. The second-order valence-corrected chi connectivity index (χ2v) is 9.17. The van der Waals surface area contributed by atoms with Gasteiger partial charge >= 0.3 is 6.18 Å². The molecule has 0 heterocycles. The zero-order chi connectivity index (χ0) is 23.4. The molecule has 0 aromatic heterocycles. The third-order valence-corrected chi connectivity index (χ3v) is 6.52. The lowest BCUT2D eigenvalue weighted by Gasteiger charge is -2.22. The minimum absolute atomic E-state index is 0.0610. The molecule has 0 aliphatic heterocycles. The maximum Gasteiger partial charge on any atom is 0.419 e. The van der Waals surface area contributed by atoms with Crippen molar-refractivity contribution < 1.29 is 35.5 Å². The van der Waals surface area contributed by atoms with E-state index in [0.29, 0.717) is 12.1 Å². The van der Waals surface area contributed by atoms with Crippen LogP contribution in [0.3, 0.4) is 0 Å². The summed E-state index contributed by atoms with van der Waals surface area (Å²) in [6, 6.07) is 7.46. The van der Waals surface area contributed by atoms with Crippen LogP contribution in [0.25, 0.3) is 0 Å². The van der Waals surface area contributed by atoms with E-state index in [0.717, 1.165) is 38.2 Å². The zero-order valence-electron chi connectivity index (χ0n) is 16.9. The minimum atomic E-state index is -4.89. The van der Waals surface area contributed by atoms with Gasteiger partial charge in [-0.2, -0.15) is 13.2 Å². The van der Waals surface area contributed by atoms with E-state index >= 15 is 0 Å². The lowest BCUT2D eigenvalue weighted by molar-refractivity contribution is -0.140. The minimum Gasteiger partial charge on any atom is -0.484 e. The summed E-state index contributed by atoms with van der Waals surface area (Å²) in [6.07, 6.45) is -0.227. The maximum atomic E-state index is 13.3. The van der Waals surface area contributed by atoms with Crippen LogP contribution in [0.5, 0.6) is 5.75 Å². The molecule has 0 bridgehead atoms. The molecule has 1 saturated carbocycles. The van der Waals surface area contributed by atoms with Crippen molar-refractivity contribution >= 4 is 21.6 Å². The van der Waals surface area contributed by atoms with Gasteiger partial charge in [0.05, 0.1) is 10.5 Å². The first-order valence-corrected chi connectivity index (χ1v) is 11.4. The molecule has 1 aliphatic rings. The highest BCUT2D eigenvalue weighted by Crippen LogP contribution is 2.33. The standard InChI is InChI=1S/C21H22F4N2O4S/c22-19-11-6-15(12-18(19)21(23,24)25)26-20(28)13-31-16-7-9-17(10-8-16)32(29,30)27-14-4-2-1-3-5-14/h6-12,14,27H,1-5,13H2,(H,26,28).